The lowest BCUT2D eigenvalue weighted by molar-refractivity contribution is -0.119. The molecule has 1 atom stereocenters. The molecule has 3 rings (SSSR count). The van der Waals surface area contributed by atoms with Crippen LogP contribution < -0.4 is 0 Å². The Morgan fingerprint density at radius 2 is 2.00 bits per heavy atom. The molecule has 2 aromatic rings. The van der Waals surface area contributed by atoms with Crippen molar-refractivity contribution in [2.24, 2.45) is 11.3 Å². The molecule has 1 aliphatic carbocycles. The summed E-state index contributed by atoms with van der Waals surface area (Å²) in [5.41, 5.74) is 0.824. The van der Waals surface area contributed by atoms with Crippen molar-refractivity contribution in [1.82, 2.24) is 4.57 Å². The van der Waals surface area contributed by atoms with Gasteiger partial charge in [0, 0.05) is 18.0 Å². The number of carbonyl (C=O) groups is 2. The van der Waals surface area contributed by atoms with Crippen molar-refractivity contribution in [3.8, 4) is 0 Å². The van der Waals surface area contributed by atoms with Crippen LogP contribution in [0.4, 0.5) is 0 Å². The van der Waals surface area contributed by atoms with Gasteiger partial charge in [0.2, 0.25) is 5.91 Å². The third kappa shape index (κ3) is 1.99. The highest BCUT2D eigenvalue weighted by Crippen LogP contribution is 2.39. The Kier molecular flexibility index (Phi) is 2.59. The van der Waals surface area contributed by atoms with Gasteiger partial charge in [0.25, 0.3) is 0 Å². The van der Waals surface area contributed by atoms with Crippen molar-refractivity contribution in [3.05, 3.63) is 36.5 Å². The molecule has 0 bridgehead atoms. The number of ketones is 1. The zero-order valence-electron chi connectivity index (χ0n) is 11.2. The second-order valence-electron chi connectivity index (χ2n) is 6.15. The van der Waals surface area contributed by atoms with Gasteiger partial charge in [0.15, 0.2) is 0 Å². The first-order valence-electron chi connectivity index (χ1n) is 6.61. The maximum absolute atomic E-state index is 12.6. The Morgan fingerprint density at radius 1 is 1.26 bits per heavy atom. The van der Waals surface area contributed by atoms with Crippen LogP contribution in [-0.2, 0) is 4.79 Å². The number of carbonyl (C=O) groups excluding carboxylic acids is 2. The van der Waals surface area contributed by atoms with Gasteiger partial charge in [-0.2, -0.15) is 0 Å². The summed E-state index contributed by atoms with van der Waals surface area (Å²) in [6, 6.07) is 9.66. The molecule has 0 spiro atoms. The fourth-order valence-corrected chi connectivity index (χ4v) is 3.00. The van der Waals surface area contributed by atoms with Crippen molar-refractivity contribution in [2.45, 2.75) is 26.7 Å². The summed E-state index contributed by atoms with van der Waals surface area (Å²) in [5.74, 6) is -0.490. The minimum Gasteiger partial charge on any atom is -0.299 e. The molecular formula is C16H17NO2. The number of para-hydroxylation sites is 1. The van der Waals surface area contributed by atoms with Crippen LogP contribution in [0.15, 0.2) is 36.5 Å². The molecule has 1 unspecified atom stereocenters. The number of hydrogen-bond donors (Lipinski definition) is 0. The minimum absolute atomic E-state index is 0.0552. The van der Waals surface area contributed by atoms with Crippen LogP contribution in [0.3, 0.4) is 0 Å². The van der Waals surface area contributed by atoms with E-state index in [1.807, 2.05) is 44.2 Å². The fraction of sp³-hybridized carbons (Fsp3) is 0.375. The van der Waals surface area contributed by atoms with Gasteiger partial charge in [-0.05, 0) is 24.0 Å². The third-order valence-corrected chi connectivity index (χ3v) is 3.93. The van der Waals surface area contributed by atoms with Crippen LogP contribution in [0.25, 0.3) is 10.9 Å². The van der Waals surface area contributed by atoms with Crippen LogP contribution in [0.5, 0.6) is 0 Å². The second-order valence-corrected chi connectivity index (χ2v) is 6.15. The largest absolute Gasteiger partial charge is 0.299 e. The number of hydrogen-bond acceptors (Lipinski definition) is 2. The van der Waals surface area contributed by atoms with Gasteiger partial charge in [-0.15, -0.1) is 0 Å². The Morgan fingerprint density at radius 3 is 2.68 bits per heavy atom. The van der Waals surface area contributed by atoms with Crippen LogP contribution in [0.1, 0.15) is 31.5 Å². The number of fused-ring (bicyclic) bond motifs is 1. The number of benzene rings is 1. The van der Waals surface area contributed by atoms with Crippen molar-refractivity contribution in [3.63, 3.8) is 0 Å². The lowest BCUT2D eigenvalue weighted by Gasteiger charge is -2.15. The molecule has 0 saturated heterocycles. The molecule has 1 fully saturated rings. The van der Waals surface area contributed by atoms with E-state index in [1.54, 1.807) is 10.8 Å². The molecular weight excluding hydrogens is 238 g/mol. The zero-order chi connectivity index (χ0) is 13.6. The molecule has 0 aliphatic heterocycles. The summed E-state index contributed by atoms with van der Waals surface area (Å²) in [7, 11) is 0. The lowest BCUT2D eigenvalue weighted by atomic mass is 9.90. The predicted molar refractivity (Wildman–Crippen MR) is 74.1 cm³/mol. The van der Waals surface area contributed by atoms with Crippen LogP contribution in [0, 0.1) is 11.3 Å². The second kappa shape index (κ2) is 4.05. The fourth-order valence-electron chi connectivity index (χ4n) is 3.00. The van der Waals surface area contributed by atoms with E-state index in [1.165, 1.54) is 0 Å². The molecule has 1 aromatic heterocycles. The van der Waals surface area contributed by atoms with Gasteiger partial charge in [-0.1, -0.05) is 32.0 Å². The first-order valence-corrected chi connectivity index (χ1v) is 6.61. The maximum Gasteiger partial charge on any atom is 0.241 e. The van der Waals surface area contributed by atoms with Gasteiger partial charge >= 0.3 is 0 Å². The van der Waals surface area contributed by atoms with Crippen molar-refractivity contribution in [1.29, 1.82) is 0 Å². The van der Waals surface area contributed by atoms with Crippen LogP contribution in [-0.4, -0.2) is 16.3 Å². The van der Waals surface area contributed by atoms with E-state index < -0.39 is 5.92 Å². The highest BCUT2D eigenvalue weighted by atomic mass is 16.2. The standard InChI is InChI=1S/C16H17NO2/c1-16(2)9-12(14(18)10-16)15(19)17-8-7-11-5-3-4-6-13(11)17/h3-8,12H,9-10H2,1-2H3. The zero-order valence-corrected chi connectivity index (χ0v) is 11.2. The monoisotopic (exact) mass is 255 g/mol. The number of rotatable bonds is 1. The van der Waals surface area contributed by atoms with E-state index in [0.717, 1.165) is 10.9 Å². The summed E-state index contributed by atoms with van der Waals surface area (Å²) in [6.07, 6.45) is 2.92. The molecule has 0 radical (unpaired) electrons. The van der Waals surface area contributed by atoms with Crippen molar-refractivity contribution >= 4 is 22.6 Å². The van der Waals surface area contributed by atoms with E-state index >= 15 is 0 Å². The van der Waals surface area contributed by atoms with Gasteiger partial charge in [-0.25, -0.2) is 0 Å². The summed E-state index contributed by atoms with van der Waals surface area (Å²) in [6.45, 7) is 4.10. The normalized spacial score (nSPS) is 22.0. The van der Waals surface area contributed by atoms with Gasteiger partial charge in [0.1, 0.15) is 5.78 Å². The Bertz CT molecular complexity index is 666. The molecule has 0 amide bonds. The van der Waals surface area contributed by atoms with Crippen LogP contribution >= 0.6 is 0 Å². The highest BCUT2D eigenvalue weighted by Gasteiger charge is 2.42. The number of aromatic nitrogens is 1. The Hall–Kier alpha value is -1.90. The van der Waals surface area contributed by atoms with E-state index in [-0.39, 0.29) is 17.1 Å². The smallest absolute Gasteiger partial charge is 0.241 e. The number of nitrogens with zero attached hydrogens (tertiary/aromatic N) is 1. The topological polar surface area (TPSA) is 39.1 Å². The first kappa shape index (κ1) is 12.2. The maximum atomic E-state index is 12.6. The summed E-state index contributed by atoms with van der Waals surface area (Å²) in [4.78, 5) is 24.6. The molecule has 19 heavy (non-hydrogen) atoms. The summed E-state index contributed by atoms with van der Waals surface area (Å²) in [5, 5.41) is 1.03. The van der Waals surface area contributed by atoms with Gasteiger partial charge in [0.05, 0.1) is 11.4 Å². The molecule has 1 aromatic carbocycles. The molecule has 98 valence electrons. The average molecular weight is 255 g/mol. The SMILES string of the molecule is CC1(C)CC(=O)C(C(=O)n2ccc3ccccc32)C1. The van der Waals surface area contributed by atoms with Gasteiger partial charge in [-0.3, -0.25) is 14.2 Å². The Balaban J connectivity index is 1.99. The Labute approximate surface area is 112 Å². The first-order chi connectivity index (χ1) is 8.98. The summed E-state index contributed by atoms with van der Waals surface area (Å²) >= 11 is 0. The van der Waals surface area contributed by atoms with E-state index in [2.05, 4.69) is 0 Å². The molecule has 0 N–H and O–H groups in total. The molecule has 1 aliphatic rings. The minimum atomic E-state index is -0.481. The quantitative estimate of drug-likeness (QED) is 0.733. The molecule has 3 heteroatoms. The van der Waals surface area contributed by atoms with Crippen molar-refractivity contribution < 1.29 is 9.59 Å². The molecule has 1 heterocycles. The molecule has 3 nitrogen and oxygen atoms in total. The van der Waals surface area contributed by atoms with Gasteiger partial charge < -0.3 is 0 Å². The summed E-state index contributed by atoms with van der Waals surface area (Å²) < 4.78 is 1.62. The lowest BCUT2D eigenvalue weighted by Crippen LogP contribution is -2.24. The van der Waals surface area contributed by atoms with Crippen LogP contribution in [0.2, 0.25) is 0 Å². The predicted octanol–water partition coefficient (Wildman–Crippen LogP) is 3.29. The van der Waals surface area contributed by atoms with E-state index in [0.29, 0.717) is 12.8 Å². The van der Waals surface area contributed by atoms with E-state index in [9.17, 15) is 9.59 Å². The van der Waals surface area contributed by atoms with E-state index in [4.69, 9.17) is 0 Å². The third-order valence-electron chi connectivity index (χ3n) is 3.93. The number of Topliss-reactive ketones (excluding diaryl/α,β-unsaturated/α-hetero) is 1. The average Bonchev–Trinajstić information content (AvgIpc) is 2.89. The molecule has 1 saturated carbocycles. The van der Waals surface area contributed by atoms with Crippen molar-refractivity contribution in [2.75, 3.05) is 0 Å². The highest BCUT2D eigenvalue weighted by molar-refractivity contribution is 6.06.